The Morgan fingerprint density at radius 2 is 1.72 bits per heavy atom. The maximum Gasteiger partial charge on any atom is 0.214 e. The van der Waals surface area contributed by atoms with Gasteiger partial charge in [-0.2, -0.15) is 0 Å². The van der Waals surface area contributed by atoms with Gasteiger partial charge in [-0.25, -0.2) is 12.7 Å². The highest BCUT2D eigenvalue weighted by Crippen LogP contribution is 2.31. The minimum Gasteiger partial charge on any atom is -0.330 e. The first-order valence-electron chi connectivity index (χ1n) is 6.76. The Balaban J connectivity index is 2.56. The molecule has 0 radical (unpaired) electrons. The van der Waals surface area contributed by atoms with Crippen LogP contribution in [0.4, 0.5) is 0 Å². The average Bonchev–Trinajstić information content (AvgIpc) is 2.26. The Morgan fingerprint density at radius 3 is 2.11 bits per heavy atom. The van der Waals surface area contributed by atoms with E-state index in [0.29, 0.717) is 26.1 Å². The Hall–Kier alpha value is -0.130. The van der Waals surface area contributed by atoms with Crippen LogP contribution in [0.15, 0.2) is 0 Å². The molecule has 0 aromatic rings. The lowest BCUT2D eigenvalue weighted by Gasteiger charge is -2.38. The lowest BCUT2D eigenvalue weighted by Crippen LogP contribution is -2.45. The molecule has 0 aromatic carbocycles. The summed E-state index contributed by atoms with van der Waals surface area (Å²) in [6.07, 6.45) is 2.45. The molecule has 0 spiro atoms. The van der Waals surface area contributed by atoms with Crippen LogP contribution in [0.25, 0.3) is 0 Å². The predicted molar refractivity (Wildman–Crippen MR) is 75.8 cm³/mol. The SMILES string of the molecule is CC(C)(C)CCS(=O)(=O)N1CCC(C)(CN)CC1. The maximum atomic E-state index is 12.2. The fourth-order valence-electron chi connectivity index (χ4n) is 2.07. The van der Waals surface area contributed by atoms with Crippen LogP contribution in [-0.4, -0.2) is 38.1 Å². The van der Waals surface area contributed by atoms with E-state index in [1.165, 1.54) is 0 Å². The highest BCUT2D eigenvalue weighted by atomic mass is 32.2. The summed E-state index contributed by atoms with van der Waals surface area (Å²) in [5.74, 6) is 0.260. The van der Waals surface area contributed by atoms with Crippen molar-refractivity contribution in [3.8, 4) is 0 Å². The van der Waals surface area contributed by atoms with Crippen LogP contribution in [0, 0.1) is 10.8 Å². The smallest absolute Gasteiger partial charge is 0.214 e. The monoisotopic (exact) mass is 276 g/mol. The van der Waals surface area contributed by atoms with Gasteiger partial charge >= 0.3 is 0 Å². The third kappa shape index (κ3) is 4.52. The second-order valence-corrected chi connectivity index (χ2v) is 9.13. The lowest BCUT2D eigenvalue weighted by molar-refractivity contribution is 0.182. The van der Waals surface area contributed by atoms with E-state index in [0.717, 1.165) is 12.8 Å². The zero-order chi connectivity index (χ0) is 14.0. The Morgan fingerprint density at radius 1 is 1.22 bits per heavy atom. The van der Waals surface area contributed by atoms with Crippen LogP contribution in [0.3, 0.4) is 0 Å². The molecule has 0 atom stereocenters. The molecular weight excluding hydrogens is 248 g/mol. The molecule has 2 N–H and O–H groups in total. The number of sulfonamides is 1. The maximum absolute atomic E-state index is 12.2. The molecule has 1 rings (SSSR count). The number of rotatable bonds is 4. The molecule has 108 valence electrons. The summed E-state index contributed by atoms with van der Waals surface area (Å²) in [7, 11) is -3.08. The number of piperidine rings is 1. The van der Waals surface area contributed by atoms with Gasteiger partial charge in [-0.15, -0.1) is 0 Å². The summed E-state index contributed by atoms with van der Waals surface area (Å²) in [5, 5.41) is 0. The molecule has 0 saturated carbocycles. The van der Waals surface area contributed by atoms with Gasteiger partial charge in [0, 0.05) is 13.1 Å². The van der Waals surface area contributed by atoms with Crippen LogP contribution in [-0.2, 0) is 10.0 Å². The topological polar surface area (TPSA) is 63.4 Å². The number of nitrogens with two attached hydrogens (primary N) is 1. The number of nitrogens with zero attached hydrogens (tertiary/aromatic N) is 1. The fourth-order valence-corrected chi connectivity index (χ4v) is 3.94. The normalized spacial score (nSPS) is 22.1. The van der Waals surface area contributed by atoms with Crippen LogP contribution < -0.4 is 5.73 Å². The van der Waals surface area contributed by atoms with Crippen LogP contribution >= 0.6 is 0 Å². The molecule has 18 heavy (non-hydrogen) atoms. The zero-order valence-corrected chi connectivity index (χ0v) is 13.0. The summed E-state index contributed by atoms with van der Waals surface area (Å²) in [6.45, 7) is 10.3. The van der Waals surface area contributed by atoms with Crippen molar-refractivity contribution in [3.63, 3.8) is 0 Å². The fraction of sp³-hybridized carbons (Fsp3) is 1.00. The van der Waals surface area contributed by atoms with E-state index in [-0.39, 0.29) is 16.6 Å². The van der Waals surface area contributed by atoms with Crippen molar-refractivity contribution < 1.29 is 8.42 Å². The van der Waals surface area contributed by atoms with Gasteiger partial charge in [0.05, 0.1) is 5.75 Å². The molecule has 1 saturated heterocycles. The van der Waals surface area contributed by atoms with E-state index < -0.39 is 10.0 Å². The van der Waals surface area contributed by atoms with Crippen molar-refractivity contribution in [1.29, 1.82) is 0 Å². The van der Waals surface area contributed by atoms with Crippen molar-refractivity contribution in [3.05, 3.63) is 0 Å². The molecule has 1 aliphatic rings. The van der Waals surface area contributed by atoms with Crippen LogP contribution in [0.5, 0.6) is 0 Å². The predicted octanol–water partition coefficient (Wildman–Crippen LogP) is 1.81. The first-order valence-corrected chi connectivity index (χ1v) is 8.37. The van der Waals surface area contributed by atoms with Crippen molar-refractivity contribution >= 4 is 10.0 Å². The molecule has 0 aromatic heterocycles. The number of hydrogen-bond acceptors (Lipinski definition) is 3. The largest absolute Gasteiger partial charge is 0.330 e. The second-order valence-electron chi connectivity index (χ2n) is 7.04. The Labute approximate surface area is 112 Å². The molecule has 0 amide bonds. The second kappa shape index (κ2) is 5.47. The van der Waals surface area contributed by atoms with E-state index in [4.69, 9.17) is 5.73 Å². The highest BCUT2D eigenvalue weighted by molar-refractivity contribution is 7.89. The number of hydrogen-bond donors (Lipinski definition) is 1. The Kier molecular flexibility index (Phi) is 4.84. The van der Waals surface area contributed by atoms with E-state index in [1.807, 2.05) is 0 Å². The summed E-state index contributed by atoms with van der Waals surface area (Å²) >= 11 is 0. The third-order valence-corrected chi connectivity index (χ3v) is 5.80. The van der Waals surface area contributed by atoms with Gasteiger partial charge in [0.25, 0.3) is 0 Å². The van der Waals surface area contributed by atoms with Crippen LogP contribution in [0.2, 0.25) is 0 Å². The van der Waals surface area contributed by atoms with Gasteiger partial charge in [0.1, 0.15) is 0 Å². The van der Waals surface area contributed by atoms with Crippen molar-refractivity contribution in [1.82, 2.24) is 4.31 Å². The molecular formula is C13H28N2O2S. The lowest BCUT2D eigenvalue weighted by atomic mass is 9.81. The standard InChI is InChI=1S/C13H28N2O2S/c1-12(2,3)7-10-18(16,17)15-8-5-13(4,11-14)6-9-15/h5-11,14H2,1-4H3. The first kappa shape index (κ1) is 15.9. The van der Waals surface area contributed by atoms with Gasteiger partial charge in [-0.3, -0.25) is 0 Å². The van der Waals surface area contributed by atoms with Gasteiger partial charge < -0.3 is 5.73 Å². The molecule has 5 heteroatoms. The molecule has 0 unspecified atom stereocenters. The third-order valence-electron chi connectivity index (χ3n) is 3.93. The summed E-state index contributed by atoms with van der Waals surface area (Å²) in [6, 6.07) is 0. The zero-order valence-electron chi connectivity index (χ0n) is 12.2. The van der Waals surface area contributed by atoms with Gasteiger partial charge in [-0.1, -0.05) is 27.7 Å². The quantitative estimate of drug-likeness (QED) is 0.852. The van der Waals surface area contributed by atoms with Gasteiger partial charge in [0.2, 0.25) is 10.0 Å². The molecule has 1 heterocycles. The highest BCUT2D eigenvalue weighted by Gasteiger charge is 2.34. The molecule has 1 aliphatic heterocycles. The van der Waals surface area contributed by atoms with Crippen molar-refractivity contribution in [2.24, 2.45) is 16.6 Å². The van der Waals surface area contributed by atoms with Crippen LogP contribution in [0.1, 0.15) is 47.0 Å². The van der Waals surface area contributed by atoms with Crippen molar-refractivity contribution in [2.75, 3.05) is 25.4 Å². The minimum absolute atomic E-state index is 0.0641. The van der Waals surface area contributed by atoms with Gasteiger partial charge in [-0.05, 0) is 36.6 Å². The van der Waals surface area contributed by atoms with E-state index in [2.05, 4.69) is 27.7 Å². The summed E-state index contributed by atoms with van der Waals surface area (Å²) in [4.78, 5) is 0. The summed E-state index contributed by atoms with van der Waals surface area (Å²) < 4.78 is 26.1. The minimum atomic E-state index is -3.08. The summed E-state index contributed by atoms with van der Waals surface area (Å²) in [5.41, 5.74) is 5.92. The van der Waals surface area contributed by atoms with Gasteiger partial charge in [0.15, 0.2) is 0 Å². The molecule has 0 aliphatic carbocycles. The van der Waals surface area contributed by atoms with Crippen molar-refractivity contribution in [2.45, 2.75) is 47.0 Å². The molecule has 1 fully saturated rings. The first-order chi connectivity index (χ1) is 8.08. The average molecular weight is 276 g/mol. The molecule has 0 bridgehead atoms. The van der Waals surface area contributed by atoms with E-state index in [9.17, 15) is 8.42 Å². The molecule has 4 nitrogen and oxygen atoms in total. The van der Waals surface area contributed by atoms with E-state index in [1.54, 1.807) is 4.31 Å². The van der Waals surface area contributed by atoms with E-state index >= 15 is 0 Å². The Bertz CT molecular complexity index is 363.